The van der Waals surface area contributed by atoms with Crippen LogP contribution < -0.4 is 5.32 Å². The van der Waals surface area contributed by atoms with E-state index < -0.39 is 0 Å². The molecule has 1 aromatic carbocycles. The summed E-state index contributed by atoms with van der Waals surface area (Å²) in [5.41, 5.74) is 0.752. The van der Waals surface area contributed by atoms with Crippen molar-refractivity contribution in [2.45, 2.75) is 18.9 Å². The standard InChI is InChI=1S/C16H22N2O3/c1-17-16(20)14-12-21-11-10-18(14)9-5-8-15(19)13-6-3-2-4-7-13/h2-4,6-7,14H,5,8-12H2,1H3,(H,17,20). The van der Waals surface area contributed by atoms with Crippen molar-refractivity contribution < 1.29 is 14.3 Å². The number of morpholine rings is 1. The normalized spacial score (nSPS) is 19.2. The number of carbonyl (C=O) groups is 2. The van der Waals surface area contributed by atoms with Crippen molar-refractivity contribution in [1.29, 1.82) is 0 Å². The van der Waals surface area contributed by atoms with Crippen molar-refractivity contribution in [3.63, 3.8) is 0 Å². The van der Waals surface area contributed by atoms with Gasteiger partial charge in [-0.2, -0.15) is 0 Å². The number of hydrogen-bond acceptors (Lipinski definition) is 4. The predicted octanol–water partition coefficient (Wildman–Crippen LogP) is 1.10. The number of rotatable bonds is 6. The molecule has 2 rings (SSSR count). The number of amides is 1. The van der Waals surface area contributed by atoms with Gasteiger partial charge in [0, 0.05) is 25.6 Å². The van der Waals surface area contributed by atoms with Crippen LogP contribution in [0.25, 0.3) is 0 Å². The zero-order valence-corrected chi connectivity index (χ0v) is 12.4. The van der Waals surface area contributed by atoms with Crippen LogP contribution in [0.1, 0.15) is 23.2 Å². The topological polar surface area (TPSA) is 58.6 Å². The molecule has 1 aromatic rings. The summed E-state index contributed by atoms with van der Waals surface area (Å²) in [6, 6.07) is 9.08. The third-order valence-corrected chi connectivity index (χ3v) is 3.73. The number of ketones is 1. The molecule has 5 heteroatoms. The van der Waals surface area contributed by atoms with Gasteiger partial charge in [-0.1, -0.05) is 30.3 Å². The van der Waals surface area contributed by atoms with Crippen molar-refractivity contribution in [2.24, 2.45) is 0 Å². The lowest BCUT2D eigenvalue weighted by molar-refractivity contribution is -0.132. The Balaban J connectivity index is 1.81. The molecule has 1 atom stereocenters. The van der Waals surface area contributed by atoms with Gasteiger partial charge in [-0.3, -0.25) is 14.5 Å². The fourth-order valence-electron chi connectivity index (χ4n) is 2.52. The highest BCUT2D eigenvalue weighted by molar-refractivity contribution is 5.95. The summed E-state index contributed by atoms with van der Waals surface area (Å²) < 4.78 is 5.36. The van der Waals surface area contributed by atoms with Gasteiger partial charge in [0.05, 0.1) is 13.2 Å². The summed E-state index contributed by atoms with van der Waals surface area (Å²) in [6.07, 6.45) is 1.25. The van der Waals surface area contributed by atoms with E-state index in [2.05, 4.69) is 10.2 Å². The largest absolute Gasteiger partial charge is 0.378 e. The second-order valence-corrected chi connectivity index (χ2v) is 5.13. The number of carbonyl (C=O) groups excluding carboxylic acids is 2. The van der Waals surface area contributed by atoms with Crippen LogP contribution in [-0.2, 0) is 9.53 Å². The zero-order chi connectivity index (χ0) is 15.1. The second-order valence-electron chi connectivity index (χ2n) is 5.13. The van der Waals surface area contributed by atoms with Gasteiger partial charge in [0.1, 0.15) is 6.04 Å². The number of ether oxygens (including phenoxy) is 1. The minimum atomic E-state index is -0.240. The minimum absolute atomic E-state index is 0.0240. The molecule has 1 unspecified atom stereocenters. The second kappa shape index (κ2) is 7.90. The smallest absolute Gasteiger partial charge is 0.239 e. The first-order valence-electron chi connectivity index (χ1n) is 7.34. The lowest BCUT2D eigenvalue weighted by atomic mass is 10.1. The van der Waals surface area contributed by atoms with Crippen LogP contribution in [0, 0.1) is 0 Å². The monoisotopic (exact) mass is 290 g/mol. The maximum Gasteiger partial charge on any atom is 0.239 e. The number of likely N-dealkylation sites (N-methyl/N-ethyl adjacent to an activating group) is 1. The molecule has 0 spiro atoms. The average Bonchev–Trinajstić information content (AvgIpc) is 2.55. The molecule has 21 heavy (non-hydrogen) atoms. The van der Waals surface area contributed by atoms with Crippen LogP contribution in [0.5, 0.6) is 0 Å². The van der Waals surface area contributed by atoms with Crippen LogP contribution in [0.15, 0.2) is 30.3 Å². The Hall–Kier alpha value is -1.72. The summed E-state index contributed by atoms with van der Waals surface area (Å²) in [5.74, 6) is 0.129. The van der Waals surface area contributed by atoms with E-state index in [1.165, 1.54) is 0 Å². The van der Waals surface area contributed by atoms with Gasteiger partial charge in [0.15, 0.2) is 5.78 Å². The van der Waals surface area contributed by atoms with Crippen LogP contribution in [-0.4, -0.2) is 56.0 Å². The van der Waals surface area contributed by atoms with Gasteiger partial charge in [-0.05, 0) is 13.0 Å². The molecule has 1 aliphatic rings. The molecular formula is C16H22N2O3. The lowest BCUT2D eigenvalue weighted by Crippen LogP contribution is -2.53. The summed E-state index contributed by atoms with van der Waals surface area (Å²) in [4.78, 5) is 25.9. The summed E-state index contributed by atoms with van der Waals surface area (Å²) in [6.45, 7) is 2.53. The SMILES string of the molecule is CNC(=O)C1COCCN1CCCC(=O)c1ccccc1. The summed E-state index contributed by atoms with van der Waals surface area (Å²) in [5, 5.41) is 2.66. The van der Waals surface area contributed by atoms with Crippen molar-refractivity contribution >= 4 is 11.7 Å². The Morgan fingerprint density at radius 3 is 2.81 bits per heavy atom. The van der Waals surface area contributed by atoms with Crippen LogP contribution >= 0.6 is 0 Å². The zero-order valence-electron chi connectivity index (χ0n) is 12.4. The average molecular weight is 290 g/mol. The fraction of sp³-hybridized carbons (Fsp3) is 0.500. The number of Topliss-reactive ketones (excluding diaryl/α,β-unsaturated/α-hetero) is 1. The Kier molecular flexibility index (Phi) is 5.90. The van der Waals surface area contributed by atoms with E-state index >= 15 is 0 Å². The van der Waals surface area contributed by atoms with E-state index in [0.717, 1.165) is 25.1 Å². The number of nitrogens with one attached hydrogen (secondary N) is 1. The third-order valence-electron chi connectivity index (χ3n) is 3.73. The predicted molar refractivity (Wildman–Crippen MR) is 80.3 cm³/mol. The van der Waals surface area contributed by atoms with Crippen LogP contribution in [0.4, 0.5) is 0 Å². The first-order chi connectivity index (χ1) is 10.2. The van der Waals surface area contributed by atoms with E-state index in [0.29, 0.717) is 19.6 Å². The van der Waals surface area contributed by atoms with Crippen molar-refractivity contribution in [1.82, 2.24) is 10.2 Å². The minimum Gasteiger partial charge on any atom is -0.378 e. The molecule has 1 heterocycles. The molecule has 1 saturated heterocycles. The molecule has 1 aliphatic heterocycles. The first-order valence-corrected chi connectivity index (χ1v) is 7.34. The highest BCUT2D eigenvalue weighted by atomic mass is 16.5. The van der Waals surface area contributed by atoms with Crippen LogP contribution in [0.2, 0.25) is 0 Å². The molecule has 1 fully saturated rings. The molecule has 1 N–H and O–H groups in total. The Morgan fingerprint density at radius 1 is 1.33 bits per heavy atom. The summed E-state index contributed by atoms with van der Waals surface area (Å²) >= 11 is 0. The molecule has 5 nitrogen and oxygen atoms in total. The van der Waals surface area contributed by atoms with E-state index in [-0.39, 0.29) is 17.7 Å². The Morgan fingerprint density at radius 2 is 2.10 bits per heavy atom. The van der Waals surface area contributed by atoms with Gasteiger partial charge in [0.2, 0.25) is 5.91 Å². The van der Waals surface area contributed by atoms with Gasteiger partial charge in [0.25, 0.3) is 0 Å². The molecule has 114 valence electrons. The highest BCUT2D eigenvalue weighted by Gasteiger charge is 2.28. The molecular weight excluding hydrogens is 268 g/mol. The molecule has 0 radical (unpaired) electrons. The number of nitrogens with zero attached hydrogens (tertiary/aromatic N) is 1. The van der Waals surface area contributed by atoms with E-state index in [9.17, 15) is 9.59 Å². The van der Waals surface area contributed by atoms with Gasteiger partial charge >= 0.3 is 0 Å². The first kappa shape index (κ1) is 15.7. The van der Waals surface area contributed by atoms with Crippen molar-refractivity contribution in [3.05, 3.63) is 35.9 Å². The number of hydrogen-bond donors (Lipinski definition) is 1. The van der Waals surface area contributed by atoms with Crippen molar-refractivity contribution in [3.8, 4) is 0 Å². The van der Waals surface area contributed by atoms with Gasteiger partial charge < -0.3 is 10.1 Å². The lowest BCUT2D eigenvalue weighted by Gasteiger charge is -2.34. The van der Waals surface area contributed by atoms with E-state index in [1.807, 2.05) is 30.3 Å². The van der Waals surface area contributed by atoms with E-state index in [4.69, 9.17) is 4.74 Å². The Labute approximate surface area is 125 Å². The molecule has 0 saturated carbocycles. The molecule has 1 amide bonds. The number of benzene rings is 1. The maximum atomic E-state index is 12.0. The third kappa shape index (κ3) is 4.37. The Bertz CT molecular complexity index is 476. The quantitative estimate of drug-likeness (QED) is 0.797. The fourth-order valence-corrected chi connectivity index (χ4v) is 2.52. The molecule has 0 bridgehead atoms. The van der Waals surface area contributed by atoms with Crippen LogP contribution in [0.3, 0.4) is 0 Å². The maximum absolute atomic E-state index is 12.0. The molecule has 0 aromatic heterocycles. The summed E-state index contributed by atoms with van der Waals surface area (Å²) in [7, 11) is 1.63. The van der Waals surface area contributed by atoms with Gasteiger partial charge in [-0.25, -0.2) is 0 Å². The van der Waals surface area contributed by atoms with E-state index in [1.54, 1.807) is 7.05 Å². The molecule has 0 aliphatic carbocycles. The van der Waals surface area contributed by atoms with Gasteiger partial charge in [-0.15, -0.1) is 0 Å². The highest BCUT2D eigenvalue weighted by Crippen LogP contribution is 2.11. The van der Waals surface area contributed by atoms with Crippen molar-refractivity contribution in [2.75, 3.05) is 33.4 Å².